The molecule has 1 aliphatic heterocycles. The number of hydrogen-bond donors (Lipinski definition) is 0. The molecule has 1 unspecified atom stereocenters. The number of benzene rings is 9. The maximum absolute atomic E-state index is 6.92. The van der Waals surface area contributed by atoms with Crippen LogP contribution in [-0.2, 0) is 5.41 Å². The van der Waals surface area contributed by atoms with E-state index in [4.69, 9.17) is 9.15 Å². The van der Waals surface area contributed by atoms with Gasteiger partial charge in [0.2, 0.25) is 0 Å². The largest absolute Gasteiger partial charge is 0.456 e. The predicted molar refractivity (Wildman–Crippen MR) is 229 cm³/mol. The molecule has 3 nitrogen and oxygen atoms in total. The molecule has 9 aromatic carbocycles. The summed E-state index contributed by atoms with van der Waals surface area (Å²) in [5.74, 6) is 1.80. The van der Waals surface area contributed by atoms with Crippen LogP contribution in [0.5, 0.6) is 11.5 Å². The SMILES string of the molecule is c1ccc(-c2ccc(N(c3ccc4c(c3)C3(c5ccccc5Oc5c3ccc3ccccc53)c3ccccc3-4)c3ccc4c(c3)oc3ccccc34)cc2)cc1. The molecule has 1 aliphatic carbocycles. The summed E-state index contributed by atoms with van der Waals surface area (Å²) < 4.78 is 13.4. The van der Waals surface area contributed by atoms with E-state index in [1.165, 1.54) is 33.4 Å². The van der Waals surface area contributed by atoms with Crippen LogP contribution in [0.2, 0.25) is 0 Å². The van der Waals surface area contributed by atoms with Gasteiger partial charge in [-0.2, -0.15) is 0 Å². The molecular formula is C53H33NO2. The molecular weight excluding hydrogens is 683 g/mol. The Balaban J connectivity index is 1.12. The lowest BCUT2D eigenvalue weighted by Crippen LogP contribution is -2.32. The van der Waals surface area contributed by atoms with Crippen LogP contribution in [-0.4, -0.2) is 0 Å². The van der Waals surface area contributed by atoms with Crippen molar-refractivity contribution in [1.29, 1.82) is 0 Å². The number of para-hydroxylation sites is 2. The van der Waals surface area contributed by atoms with Gasteiger partial charge in [-0.25, -0.2) is 0 Å². The van der Waals surface area contributed by atoms with Crippen LogP contribution in [0.25, 0.3) is 55.0 Å². The van der Waals surface area contributed by atoms with Gasteiger partial charge >= 0.3 is 0 Å². The highest BCUT2D eigenvalue weighted by atomic mass is 16.5. The highest BCUT2D eigenvalue weighted by molar-refractivity contribution is 6.06. The van der Waals surface area contributed by atoms with Gasteiger partial charge in [0.1, 0.15) is 22.7 Å². The van der Waals surface area contributed by atoms with Crippen molar-refractivity contribution in [3.63, 3.8) is 0 Å². The first kappa shape index (κ1) is 31.0. The second-order valence-electron chi connectivity index (χ2n) is 14.8. The van der Waals surface area contributed by atoms with Crippen molar-refractivity contribution in [2.45, 2.75) is 5.41 Å². The normalized spacial score (nSPS) is 15.0. The van der Waals surface area contributed by atoms with Gasteiger partial charge in [-0.15, -0.1) is 0 Å². The first-order valence-electron chi connectivity index (χ1n) is 19.2. The zero-order valence-corrected chi connectivity index (χ0v) is 30.3. The van der Waals surface area contributed by atoms with E-state index in [0.29, 0.717) is 0 Å². The highest BCUT2D eigenvalue weighted by Crippen LogP contribution is 2.63. The number of hydrogen-bond acceptors (Lipinski definition) is 3. The van der Waals surface area contributed by atoms with Gasteiger partial charge in [0.15, 0.2) is 0 Å². The third-order valence-electron chi connectivity index (χ3n) is 11.9. The topological polar surface area (TPSA) is 25.6 Å². The van der Waals surface area contributed by atoms with Gasteiger partial charge < -0.3 is 14.1 Å². The minimum Gasteiger partial charge on any atom is -0.456 e. The van der Waals surface area contributed by atoms with Crippen LogP contribution in [0, 0.1) is 0 Å². The average molecular weight is 716 g/mol. The number of nitrogens with zero attached hydrogens (tertiary/aromatic N) is 1. The molecule has 2 aliphatic rings. The Bertz CT molecular complexity index is 3180. The van der Waals surface area contributed by atoms with Crippen LogP contribution in [0.3, 0.4) is 0 Å². The van der Waals surface area contributed by atoms with Crippen molar-refractivity contribution >= 4 is 49.8 Å². The molecule has 10 aromatic rings. The number of ether oxygens (including phenoxy) is 1. The number of anilines is 3. The van der Waals surface area contributed by atoms with Gasteiger partial charge in [-0.1, -0.05) is 146 Å². The Morgan fingerprint density at radius 3 is 1.91 bits per heavy atom. The van der Waals surface area contributed by atoms with E-state index < -0.39 is 5.41 Å². The fourth-order valence-electron chi connectivity index (χ4n) is 9.49. The van der Waals surface area contributed by atoms with E-state index in [2.05, 4.69) is 193 Å². The van der Waals surface area contributed by atoms with Crippen molar-refractivity contribution in [2.24, 2.45) is 0 Å². The zero-order valence-electron chi connectivity index (χ0n) is 30.3. The summed E-state index contributed by atoms with van der Waals surface area (Å²) in [5, 5.41) is 4.50. The highest BCUT2D eigenvalue weighted by Gasteiger charge is 2.51. The van der Waals surface area contributed by atoms with Crippen LogP contribution >= 0.6 is 0 Å². The molecule has 1 spiro atoms. The molecule has 0 bridgehead atoms. The third kappa shape index (κ3) is 4.34. The Morgan fingerprint density at radius 1 is 0.375 bits per heavy atom. The molecule has 3 heteroatoms. The maximum atomic E-state index is 6.92. The molecule has 1 atom stereocenters. The quantitative estimate of drug-likeness (QED) is 0.181. The summed E-state index contributed by atoms with van der Waals surface area (Å²) in [7, 11) is 0. The molecule has 1 aromatic heterocycles. The van der Waals surface area contributed by atoms with E-state index in [1.54, 1.807) is 0 Å². The lowest BCUT2D eigenvalue weighted by Gasteiger charge is -2.40. The van der Waals surface area contributed by atoms with Crippen LogP contribution in [0.4, 0.5) is 17.1 Å². The molecule has 0 N–H and O–H groups in total. The van der Waals surface area contributed by atoms with Gasteiger partial charge in [-0.05, 0) is 87.3 Å². The lowest BCUT2D eigenvalue weighted by molar-refractivity contribution is 0.441. The molecule has 0 fully saturated rings. The molecule has 0 amide bonds. The van der Waals surface area contributed by atoms with Gasteiger partial charge in [-0.3, -0.25) is 0 Å². The standard InChI is InChI=1S/C53H33NO2/c1-2-12-34(13-3-1)35-22-25-37(26-23-35)54(39-28-30-44-43-17-7-10-20-49(43)55-51(44)33-39)38-27-29-42-41-16-6-8-18-45(41)53(48(42)32-38)46-19-9-11-21-50(46)56-52-40-15-5-4-14-36(40)24-31-47(52)53/h1-33H. The number of fused-ring (bicyclic) bond motifs is 14. The minimum absolute atomic E-state index is 0.609. The molecule has 0 saturated heterocycles. The average Bonchev–Trinajstić information content (AvgIpc) is 3.78. The van der Waals surface area contributed by atoms with Crippen LogP contribution in [0.1, 0.15) is 22.3 Å². The maximum Gasteiger partial charge on any atom is 0.140 e. The molecule has 262 valence electrons. The Kier molecular flexibility index (Phi) is 6.55. The monoisotopic (exact) mass is 715 g/mol. The lowest BCUT2D eigenvalue weighted by atomic mass is 9.65. The summed E-state index contributed by atoms with van der Waals surface area (Å²) >= 11 is 0. The van der Waals surface area contributed by atoms with Gasteiger partial charge in [0.05, 0.1) is 5.41 Å². The van der Waals surface area contributed by atoms with Crippen LogP contribution < -0.4 is 9.64 Å². The minimum atomic E-state index is -0.609. The molecule has 56 heavy (non-hydrogen) atoms. The van der Waals surface area contributed by atoms with E-state index >= 15 is 0 Å². The van der Waals surface area contributed by atoms with Crippen molar-refractivity contribution in [2.75, 3.05) is 4.90 Å². The molecule has 12 rings (SSSR count). The fourth-order valence-corrected chi connectivity index (χ4v) is 9.49. The van der Waals surface area contributed by atoms with Crippen molar-refractivity contribution in [1.82, 2.24) is 0 Å². The predicted octanol–water partition coefficient (Wildman–Crippen LogP) is 14.3. The summed E-state index contributed by atoms with van der Waals surface area (Å²) in [6.07, 6.45) is 0. The fraction of sp³-hybridized carbons (Fsp3) is 0.0189. The summed E-state index contributed by atoms with van der Waals surface area (Å²) in [4.78, 5) is 2.37. The van der Waals surface area contributed by atoms with Crippen molar-refractivity contribution in [3.8, 4) is 33.8 Å². The third-order valence-corrected chi connectivity index (χ3v) is 11.9. The van der Waals surface area contributed by atoms with Crippen LogP contribution in [0.15, 0.2) is 205 Å². The molecule has 0 saturated carbocycles. The summed E-state index contributed by atoms with van der Waals surface area (Å²) in [5.41, 5.74) is 13.9. The first-order chi connectivity index (χ1) is 27.8. The van der Waals surface area contributed by atoms with Gasteiger partial charge in [0, 0.05) is 50.4 Å². The number of rotatable bonds is 4. The Labute approximate surface area is 324 Å². The van der Waals surface area contributed by atoms with Crippen molar-refractivity contribution < 1.29 is 9.15 Å². The Morgan fingerprint density at radius 2 is 1.02 bits per heavy atom. The zero-order chi connectivity index (χ0) is 36.8. The smallest absolute Gasteiger partial charge is 0.140 e. The second kappa shape index (κ2) is 11.8. The molecule has 0 radical (unpaired) electrons. The van der Waals surface area contributed by atoms with Crippen molar-refractivity contribution in [3.05, 3.63) is 222 Å². The van der Waals surface area contributed by atoms with E-state index in [-0.39, 0.29) is 0 Å². The van der Waals surface area contributed by atoms with E-state index in [9.17, 15) is 0 Å². The summed E-state index contributed by atoms with van der Waals surface area (Å²) in [6.45, 7) is 0. The summed E-state index contributed by atoms with van der Waals surface area (Å²) in [6, 6.07) is 72.0. The second-order valence-corrected chi connectivity index (χ2v) is 14.8. The first-order valence-corrected chi connectivity index (χ1v) is 19.2. The van der Waals surface area contributed by atoms with E-state index in [0.717, 1.165) is 72.4 Å². The van der Waals surface area contributed by atoms with Gasteiger partial charge in [0.25, 0.3) is 0 Å². The Hall–Kier alpha value is -7.36. The number of furan rings is 1. The molecule has 2 heterocycles. The van der Waals surface area contributed by atoms with E-state index in [1.807, 2.05) is 12.1 Å².